The molecule has 0 aromatic heterocycles. The number of benzene rings is 2. The van der Waals surface area contributed by atoms with Crippen LogP contribution in [0.25, 0.3) is 0 Å². The molecule has 0 radical (unpaired) electrons. The first-order chi connectivity index (χ1) is 12.6. The second-order valence-electron chi connectivity index (χ2n) is 6.86. The van der Waals surface area contributed by atoms with Crippen molar-refractivity contribution in [2.45, 2.75) is 45.4 Å². The molecule has 1 N–H and O–H groups in total. The molecule has 0 spiro atoms. The van der Waals surface area contributed by atoms with Gasteiger partial charge in [0.05, 0.1) is 17.0 Å². The van der Waals surface area contributed by atoms with E-state index in [1.807, 2.05) is 56.3 Å². The molecule has 1 unspecified atom stereocenters. The van der Waals surface area contributed by atoms with E-state index in [2.05, 4.69) is 12.1 Å². The van der Waals surface area contributed by atoms with Crippen LogP contribution in [0.4, 0.5) is 5.69 Å². The Hall–Kier alpha value is -2.68. The van der Waals surface area contributed by atoms with Crippen LogP contribution in [0.3, 0.4) is 0 Å². The van der Waals surface area contributed by atoms with Gasteiger partial charge in [0, 0.05) is 12.8 Å². The third-order valence-electron chi connectivity index (χ3n) is 4.86. The molecule has 3 rings (SSSR count). The van der Waals surface area contributed by atoms with Crippen molar-refractivity contribution < 1.29 is 9.90 Å². The second-order valence-corrected chi connectivity index (χ2v) is 6.86. The number of para-hydroxylation sites is 1. The number of ketones is 1. The highest BCUT2D eigenvalue weighted by atomic mass is 16.3. The zero-order valence-electron chi connectivity index (χ0n) is 15.4. The normalized spacial score (nSPS) is 21.1. The average molecular weight is 347 g/mol. The van der Waals surface area contributed by atoms with Gasteiger partial charge in [-0.05, 0) is 42.9 Å². The standard InChI is InChI=1S/C23H25NO2/c1-3-9-21(25)23-20(24-19-13-8-7-10-16(19)2)14-18(15-22(23)26)17-11-5-4-6-12-17/h4-8,10-13,18,25H,3,9,14-15H2,1-2H3/b23-21+,24-20?. The molecule has 1 atom stereocenters. The Morgan fingerprint density at radius 1 is 1.08 bits per heavy atom. The van der Waals surface area contributed by atoms with E-state index >= 15 is 0 Å². The average Bonchev–Trinajstić information content (AvgIpc) is 2.64. The molecule has 0 saturated heterocycles. The van der Waals surface area contributed by atoms with Crippen LogP contribution in [0.1, 0.15) is 49.7 Å². The molecule has 134 valence electrons. The van der Waals surface area contributed by atoms with Gasteiger partial charge >= 0.3 is 0 Å². The molecule has 1 aliphatic carbocycles. The van der Waals surface area contributed by atoms with E-state index in [0.29, 0.717) is 30.5 Å². The number of carbonyl (C=O) groups excluding carboxylic acids is 1. The van der Waals surface area contributed by atoms with Crippen LogP contribution < -0.4 is 0 Å². The number of aliphatic hydroxyl groups is 1. The molecule has 1 aliphatic rings. The van der Waals surface area contributed by atoms with Crippen LogP contribution in [-0.2, 0) is 4.79 Å². The fourth-order valence-corrected chi connectivity index (χ4v) is 3.48. The Balaban J connectivity index is 2.05. The van der Waals surface area contributed by atoms with Gasteiger partial charge in [-0.3, -0.25) is 9.79 Å². The van der Waals surface area contributed by atoms with Gasteiger partial charge in [-0.15, -0.1) is 0 Å². The summed E-state index contributed by atoms with van der Waals surface area (Å²) in [5.74, 6) is 0.268. The molecule has 0 heterocycles. The van der Waals surface area contributed by atoms with Crippen LogP contribution in [0, 0.1) is 6.92 Å². The molecule has 0 aliphatic heterocycles. The largest absolute Gasteiger partial charge is 0.511 e. The third kappa shape index (κ3) is 3.93. The molecular formula is C23H25NO2. The minimum atomic E-state index is -0.0108. The summed E-state index contributed by atoms with van der Waals surface area (Å²) in [6.07, 6.45) is 2.37. The van der Waals surface area contributed by atoms with Gasteiger partial charge < -0.3 is 5.11 Å². The van der Waals surface area contributed by atoms with Crippen molar-refractivity contribution in [2.24, 2.45) is 4.99 Å². The van der Waals surface area contributed by atoms with E-state index in [4.69, 9.17) is 4.99 Å². The van der Waals surface area contributed by atoms with Crippen LogP contribution in [0.2, 0.25) is 0 Å². The topological polar surface area (TPSA) is 49.7 Å². The van der Waals surface area contributed by atoms with Crippen molar-refractivity contribution in [3.63, 3.8) is 0 Å². The smallest absolute Gasteiger partial charge is 0.168 e. The molecule has 26 heavy (non-hydrogen) atoms. The number of allylic oxidation sites excluding steroid dienone is 2. The second kappa shape index (κ2) is 8.13. The number of aryl methyl sites for hydroxylation is 1. The zero-order valence-corrected chi connectivity index (χ0v) is 15.4. The Morgan fingerprint density at radius 3 is 2.46 bits per heavy atom. The van der Waals surface area contributed by atoms with Gasteiger partial charge in [-0.2, -0.15) is 0 Å². The minimum absolute atomic E-state index is 0.0108. The number of rotatable bonds is 4. The van der Waals surface area contributed by atoms with Crippen LogP contribution in [-0.4, -0.2) is 16.6 Å². The molecular weight excluding hydrogens is 322 g/mol. The van der Waals surface area contributed by atoms with Crippen molar-refractivity contribution in [2.75, 3.05) is 0 Å². The Bertz CT molecular complexity index is 850. The number of nitrogens with zero attached hydrogens (tertiary/aromatic N) is 1. The first-order valence-corrected chi connectivity index (χ1v) is 9.24. The first-order valence-electron chi connectivity index (χ1n) is 9.24. The summed E-state index contributed by atoms with van der Waals surface area (Å²) < 4.78 is 0. The van der Waals surface area contributed by atoms with Crippen molar-refractivity contribution >= 4 is 17.2 Å². The van der Waals surface area contributed by atoms with E-state index in [1.165, 1.54) is 0 Å². The van der Waals surface area contributed by atoms with Crippen LogP contribution >= 0.6 is 0 Å². The van der Waals surface area contributed by atoms with Gasteiger partial charge in [0.15, 0.2) is 5.78 Å². The number of Topliss-reactive ketones (excluding diaryl/α,β-unsaturated/α-hetero) is 1. The van der Waals surface area contributed by atoms with Gasteiger partial charge in [0.25, 0.3) is 0 Å². The number of carbonyl (C=O) groups is 1. The van der Waals surface area contributed by atoms with Gasteiger partial charge in [-0.25, -0.2) is 0 Å². The minimum Gasteiger partial charge on any atom is -0.511 e. The lowest BCUT2D eigenvalue weighted by Crippen LogP contribution is -2.26. The predicted octanol–water partition coefficient (Wildman–Crippen LogP) is 5.83. The van der Waals surface area contributed by atoms with Gasteiger partial charge in [0.2, 0.25) is 0 Å². The number of aliphatic imine (C=N–C) groups is 1. The lowest BCUT2D eigenvalue weighted by Gasteiger charge is -2.26. The van der Waals surface area contributed by atoms with E-state index in [0.717, 1.165) is 23.2 Å². The van der Waals surface area contributed by atoms with Crippen molar-refractivity contribution in [3.8, 4) is 0 Å². The molecule has 0 amide bonds. The summed E-state index contributed by atoms with van der Waals surface area (Å²) in [6.45, 7) is 4.00. The van der Waals surface area contributed by atoms with Crippen LogP contribution in [0.5, 0.6) is 0 Å². The molecule has 3 nitrogen and oxygen atoms in total. The van der Waals surface area contributed by atoms with Gasteiger partial charge in [0.1, 0.15) is 5.76 Å². The SMILES string of the molecule is CCC/C(O)=C1\C(=O)CC(c2ccccc2)CC1=Nc1ccccc1C. The summed E-state index contributed by atoms with van der Waals surface area (Å²) in [7, 11) is 0. The molecule has 3 heteroatoms. The highest BCUT2D eigenvalue weighted by Crippen LogP contribution is 2.35. The Labute approximate surface area is 155 Å². The van der Waals surface area contributed by atoms with Crippen LogP contribution in [0.15, 0.2) is 70.9 Å². The van der Waals surface area contributed by atoms with E-state index in [-0.39, 0.29) is 17.5 Å². The quantitative estimate of drug-likeness (QED) is 0.559. The van der Waals surface area contributed by atoms with E-state index < -0.39 is 0 Å². The summed E-state index contributed by atoms with van der Waals surface area (Å²) in [5, 5.41) is 10.5. The maximum atomic E-state index is 12.9. The molecule has 2 aromatic carbocycles. The Morgan fingerprint density at radius 2 is 1.77 bits per heavy atom. The maximum absolute atomic E-state index is 12.9. The number of hydrogen-bond acceptors (Lipinski definition) is 3. The fraction of sp³-hybridized carbons (Fsp3) is 0.304. The van der Waals surface area contributed by atoms with Gasteiger partial charge in [-0.1, -0.05) is 55.5 Å². The summed E-state index contributed by atoms with van der Waals surface area (Å²) >= 11 is 0. The van der Waals surface area contributed by atoms with E-state index in [9.17, 15) is 9.90 Å². The van der Waals surface area contributed by atoms with E-state index in [1.54, 1.807) is 0 Å². The van der Waals surface area contributed by atoms with Crippen molar-refractivity contribution in [1.82, 2.24) is 0 Å². The summed E-state index contributed by atoms with van der Waals surface area (Å²) in [4.78, 5) is 17.7. The molecule has 1 fully saturated rings. The lowest BCUT2D eigenvalue weighted by atomic mass is 9.78. The summed E-state index contributed by atoms with van der Waals surface area (Å²) in [6, 6.07) is 18.0. The number of hydrogen-bond donors (Lipinski definition) is 1. The third-order valence-corrected chi connectivity index (χ3v) is 4.86. The molecule has 0 bridgehead atoms. The van der Waals surface area contributed by atoms with Crippen molar-refractivity contribution in [3.05, 3.63) is 77.1 Å². The highest BCUT2D eigenvalue weighted by Gasteiger charge is 2.32. The number of aliphatic hydroxyl groups excluding tert-OH is 1. The molecule has 1 saturated carbocycles. The fourth-order valence-electron chi connectivity index (χ4n) is 3.48. The lowest BCUT2D eigenvalue weighted by molar-refractivity contribution is -0.115. The predicted molar refractivity (Wildman–Crippen MR) is 106 cm³/mol. The molecule has 2 aromatic rings. The Kier molecular flexibility index (Phi) is 5.67. The highest BCUT2D eigenvalue weighted by molar-refractivity contribution is 6.25. The first kappa shape index (κ1) is 18.1. The van der Waals surface area contributed by atoms with Crippen molar-refractivity contribution in [1.29, 1.82) is 0 Å². The maximum Gasteiger partial charge on any atom is 0.168 e. The zero-order chi connectivity index (χ0) is 18.5. The monoisotopic (exact) mass is 347 g/mol. The summed E-state index contributed by atoms with van der Waals surface area (Å²) in [5.41, 5.74) is 4.19.